The quantitative estimate of drug-likeness (QED) is 0.743. The molecule has 1 aliphatic rings. The van der Waals surface area contributed by atoms with Gasteiger partial charge in [-0.05, 0) is 12.1 Å². The summed E-state index contributed by atoms with van der Waals surface area (Å²) in [5.74, 6) is 0.797. The number of morpholine rings is 1. The highest BCUT2D eigenvalue weighted by molar-refractivity contribution is 5.54. The number of nitrogens with two attached hydrogens (primary N) is 2. The molecule has 1 aliphatic heterocycles. The number of hydrogen-bond donors (Lipinski definition) is 2. The second-order valence-corrected chi connectivity index (χ2v) is 4.33. The summed E-state index contributed by atoms with van der Waals surface area (Å²) < 4.78 is 11.1. The number of rotatable bonds is 5. The molecule has 0 radical (unpaired) electrons. The van der Waals surface area contributed by atoms with E-state index in [-0.39, 0.29) is 0 Å². The Balaban J connectivity index is 1.84. The summed E-state index contributed by atoms with van der Waals surface area (Å²) in [5, 5.41) is 0. The summed E-state index contributed by atoms with van der Waals surface area (Å²) in [6.45, 7) is 5.53. The Kier molecular flexibility index (Phi) is 4.81. The molecule has 0 atom stereocenters. The minimum Gasteiger partial charge on any atom is -0.492 e. The third-order valence-corrected chi connectivity index (χ3v) is 3.14. The summed E-state index contributed by atoms with van der Waals surface area (Å²) in [7, 11) is 0. The van der Waals surface area contributed by atoms with Crippen molar-refractivity contribution >= 4 is 5.69 Å². The Morgan fingerprint density at radius 2 is 2.06 bits per heavy atom. The Morgan fingerprint density at radius 3 is 2.78 bits per heavy atom. The van der Waals surface area contributed by atoms with Gasteiger partial charge in [0.1, 0.15) is 12.4 Å². The molecule has 2 rings (SSSR count). The highest BCUT2D eigenvalue weighted by Crippen LogP contribution is 2.23. The summed E-state index contributed by atoms with van der Waals surface area (Å²) in [5.41, 5.74) is 13.1. The molecule has 0 bridgehead atoms. The molecule has 1 aromatic carbocycles. The molecule has 1 aromatic rings. The smallest absolute Gasteiger partial charge is 0.125 e. The van der Waals surface area contributed by atoms with Crippen molar-refractivity contribution in [2.24, 2.45) is 5.73 Å². The van der Waals surface area contributed by atoms with Crippen LogP contribution >= 0.6 is 0 Å². The Bertz CT molecular complexity index is 378. The van der Waals surface area contributed by atoms with Gasteiger partial charge >= 0.3 is 0 Å². The monoisotopic (exact) mass is 251 g/mol. The Hall–Kier alpha value is -1.30. The minimum atomic E-state index is 0.402. The molecule has 5 heteroatoms. The fraction of sp³-hybridized carbons (Fsp3) is 0.538. The standard InChI is InChI=1S/C13H21N3O2/c14-10-11-12(15)2-1-3-13(11)18-9-6-16-4-7-17-8-5-16/h1-3H,4-10,14-15H2. The van der Waals surface area contributed by atoms with E-state index in [9.17, 15) is 0 Å². The van der Waals surface area contributed by atoms with Crippen LogP contribution in [0.4, 0.5) is 5.69 Å². The van der Waals surface area contributed by atoms with Crippen LogP contribution in [-0.4, -0.2) is 44.4 Å². The molecular weight excluding hydrogens is 230 g/mol. The van der Waals surface area contributed by atoms with Crippen LogP contribution in [0.15, 0.2) is 18.2 Å². The lowest BCUT2D eigenvalue weighted by molar-refractivity contribution is 0.0322. The van der Waals surface area contributed by atoms with Crippen LogP contribution in [0.25, 0.3) is 0 Å². The van der Waals surface area contributed by atoms with Crippen LogP contribution < -0.4 is 16.2 Å². The number of anilines is 1. The highest BCUT2D eigenvalue weighted by atomic mass is 16.5. The van der Waals surface area contributed by atoms with Crippen molar-refractivity contribution in [1.82, 2.24) is 4.90 Å². The molecule has 18 heavy (non-hydrogen) atoms. The molecule has 0 spiro atoms. The Morgan fingerprint density at radius 1 is 1.28 bits per heavy atom. The van der Waals surface area contributed by atoms with E-state index < -0.39 is 0 Å². The number of nitrogens with zero attached hydrogens (tertiary/aromatic N) is 1. The maximum atomic E-state index is 5.86. The van der Waals surface area contributed by atoms with E-state index >= 15 is 0 Å². The second kappa shape index (κ2) is 6.58. The largest absolute Gasteiger partial charge is 0.492 e. The molecular formula is C13H21N3O2. The fourth-order valence-electron chi connectivity index (χ4n) is 2.05. The SMILES string of the molecule is NCc1c(N)cccc1OCCN1CCOCC1. The first kappa shape index (κ1) is 13.1. The fourth-order valence-corrected chi connectivity index (χ4v) is 2.05. The van der Waals surface area contributed by atoms with E-state index in [4.69, 9.17) is 20.9 Å². The van der Waals surface area contributed by atoms with Gasteiger partial charge in [-0.25, -0.2) is 0 Å². The van der Waals surface area contributed by atoms with Gasteiger partial charge in [0.25, 0.3) is 0 Å². The van der Waals surface area contributed by atoms with E-state index in [0.29, 0.717) is 18.8 Å². The number of benzene rings is 1. The zero-order valence-electron chi connectivity index (χ0n) is 10.6. The zero-order chi connectivity index (χ0) is 12.8. The van der Waals surface area contributed by atoms with E-state index in [0.717, 1.165) is 44.2 Å². The third-order valence-electron chi connectivity index (χ3n) is 3.14. The van der Waals surface area contributed by atoms with E-state index in [2.05, 4.69) is 4.90 Å². The molecule has 5 nitrogen and oxygen atoms in total. The summed E-state index contributed by atoms with van der Waals surface area (Å²) in [6, 6.07) is 5.65. The molecule has 0 aliphatic carbocycles. The van der Waals surface area contributed by atoms with Gasteiger partial charge in [-0.2, -0.15) is 0 Å². The van der Waals surface area contributed by atoms with Gasteiger partial charge in [-0.1, -0.05) is 6.07 Å². The van der Waals surface area contributed by atoms with E-state index in [1.807, 2.05) is 18.2 Å². The van der Waals surface area contributed by atoms with Gasteiger partial charge in [0.05, 0.1) is 13.2 Å². The van der Waals surface area contributed by atoms with Crippen molar-refractivity contribution in [3.05, 3.63) is 23.8 Å². The third kappa shape index (κ3) is 3.35. The lowest BCUT2D eigenvalue weighted by atomic mass is 10.1. The van der Waals surface area contributed by atoms with Crippen LogP contribution in [0.3, 0.4) is 0 Å². The molecule has 0 saturated carbocycles. The lowest BCUT2D eigenvalue weighted by Gasteiger charge is -2.26. The predicted octanol–water partition coefficient (Wildman–Crippen LogP) is 0.438. The first-order valence-corrected chi connectivity index (χ1v) is 6.31. The summed E-state index contributed by atoms with van der Waals surface area (Å²) in [6.07, 6.45) is 0. The Labute approximate surface area is 108 Å². The maximum Gasteiger partial charge on any atom is 0.125 e. The van der Waals surface area contributed by atoms with Crippen LogP contribution in [-0.2, 0) is 11.3 Å². The van der Waals surface area contributed by atoms with E-state index in [1.54, 1.807) is 0 Å². The molecule has 1 saturated heterocycles. The van der Waals surface area contributed by atoms with Crippen molar-refractivity contribution in [3.8, 4) is 5.75 Å². The second-order valence-electron chi connectivity index (χ2n) is 4.33. The molecule has 0 unspecified atom stereocenters. The van der Waals surface area contributed by atoms with Crippen molar-refractivity contribution < 1.29 is 9.47 Å². The zero-order valence-corrected chi connectivity index (χ0v) is 10.6. The van der Waals surface area contributed by atoms with Crippen molar-refractivity contribution in [3.63, 3.8) is 0 Å². The molecule has 0 aromatic heterocycles. The van der Waals surface area contributed by atoms with Gasteiger partial charge in [0.2, 0.25) is 0 Å². The van der Waals surface area contributed by atoms with Crippen LogP contribution in [0.5, 0.6) is 5.75 Å². The molecule has 100 valence electrons. The minimum absolute atomic E-state index is 0.402. The molecule has 1 heterocycles. The maximum absolute atomic E-state index is 5.86. The van der Waals surface area contributed by atoms with Gasteiger partial charge in [-0.15, -0.1) is 0 Å². The van der Waals surface area contributed by atoms with E-state index in [1.165, 1.54) is 0 Å². The van der Waals surface area contributed by atoms with Crippen LogP contribution in [0.2, 0.25) is 0 Å². The average molecular weight is 251 g/mol. The summed E-state index contributed by atoms with van der Waals surface area (Å²) in [4.78, 5) is 2.33. The van der Waals surface area contributed by atoms with Gasteiger partial charge < -0.3 is 20.9 Å². The van der Waals surface area contributed by atoms with Gasteiger partial charge in [-0.3, -0.25) is 4.90 Å². The number of nitrogen functional groups attached to an aromatic ring is 1. The number of hydrogen-bond acceptors (Lipinski definition) is 5. The molecule has 1 fully saturated rings. The molecule has 0 amide bonds. The number of ether oxygens (including phenoxy) is 2. The van der Waals surface area contributed by atoms with Crippen molar-refractivity contribution in [1.29, 1.82) is 0 Å². The van der Waals surface area contributed by atoms with Gasteiger partial charge in [0, 0.05) is 37.4 Å². The van der Waals surface area contributed by atoms with Crippen LogP contribution in [0, 0.1) is 0 Å². The van der Waals surface area contributed by atoms with Crippen molar-refractivity contribution in [2.45, 2.75) is 6.54 Å². The highest BCUT2D eigenvalue weighted by Gasteiger charge is 2.11. The average Bonchev–Trinajstić information content (AvgIpc) is 2.40. The first-order chi connectivity index (χ1) is 8.81. The summed E-state index contributed by atoms with van der Waals surface area (Å²) >= 11 is 0. The topological polar surface area (TPSA) is 73.7 Å². The van der Waals surface area contributed by atoms with Crippen LogP contribution in [0.1, 0.15) is 5.56 Å². The van der Waals surface area contributed by atoms with Crippen molar-refractivity contribution in [2.75, 3.05) is 45.2 Å². The lowest BCUT2D eigenvalue weighted by Crippen LogP contribution is -2.38. The molecule has 4 N–H and O–H groups in total. The first-order valence-electron chi connectivity index (χ1n) is 6.31. The normalized spacial score (nSPS) is 16.7. The predicted molar refractivity (Wildman–Crippen MR) is 71.5 cm³/mol. The van der Waals surface area contributed by atoms with Gasteiger partial charge in [0.15, 0.2) is 0 Å².